The van der Waals surface area contributed by atoms with Crippen molar-refractivity contribution in [2.75, 3.05) is 0 Å². The molecule has 0 aliphatic carbocycles. The molecule has 0 aliphatic heterocycles. The van der Waals surface area contributed by atoms with Crippen LogP contribution < -0.4 is 0 Å². The summed E-state index contributed by atoms with van der Waals surface area (Å²) in [4.78, 5) is 13.0. The average molecular weight is 296 g/mol. The van der Waals surface area contributed by atoms with Crippen LogP contribution in [0, 0.1) is 0 Å². The molecule has 4 heteroatoms. The van der Waals surface area contributed by atoms with Gasteiger partial charge in [0.25, 0.3) is 0 Å². The van der Waals surface area contributed by atoms with E-state index in [9.17, 15) is 4.79 Å². The lowest BCUT2D eigenvalue weighted by Gasteiger charge is -2.15. The molecule has 0 aliphatic rings. The molecule has 0 bridgehead atoms. The second kappa shape index (κ2) is 8.50. The number of aromatic nitrogens is 2. The maximum Gasteiger partial charge on any atom is 0.176 e. The molecule has 0 aromatic carbocycles. The van der Waals surface area contributed by atoms with Crippen molar-refractivity contribution < 1.29 is 4.79 Å². The highest BCUT2D eigenvalue weighted by Gasteiger charge is 2.25. The van der Waals surface area contributed by atoms with E-state index in [0.29, 0.717) is 6.42 Å². The number of rotatable bonds is 9. The number of hydrogen-bond donors (Lipinski definition) is 0. The predicted octanol–water partition coefficient (Wildman–Crippen LogP) is 5.16. The fourth-order valence-corrected chi connectivity index (χ4v) is 3.06. The van der Waals surface area contributed by atoms with Crippen LogP contribution in [0.5, 0.6) is 0 Å². The van der Waals surface area contributed by atoms with Gasteiger partial charge in [0.15, 0.2) is 5.78 Å². The first-order chi connectivity index (χ1) is 9.46. The number of Topliss-reactive ketones (excluding diaryl/α,β-unsaturated/α-hetero) is 1. The number of carbonyl (C=O) groups excluding carboxylic acids is 1. The SMILES string of the molecule is CCCCCCCCCC(=O)c1snnc1C(C)(C)C. The fraction of sp³-hybridized carbons (Fsp3) is 0.812. The molecule has 0 N–H and O–H groups in total. The average Bonchev–Trinajstić information content (AvgIpc) is 2.86. The van der Waals surface area contributed by atoms with Gasteiger partial charge in [-0.25, -0.2) is 0 Å². The van der Waals surface area contributed by atoms with E-state index in [-0.39, 0.29) is 11.2 Å². The van der Waals surface area contributed by atoms with E-state index < -0.39 is 0 Å². The van der Waals surface area contributed by atoms with Crippen LogP contribution in [0.3, 0.4) is 0 Å². The Kier molecular flexibility index (Phi) is 7.35. The number of nitrogens with zero attached hydrogens (tertiary/aromatic N) is 2. The molecule has 0 radical (unpaired) electrons. The van der Waals surface area contributed by atoms with Gasteiger partial charge in [-0.2, -0.15) is 0 Å². The first kappa shape index (κ1) is 17.3. The molecule has 1 rings (SSSR count). The van der Waals surface area contributed by atoms with Gasteiger partial charge < -0.3 is 0 Å². The molecule has 0 saturated heterocycles. The molecule has 1 aromatic rings. The molecular weight excluding hydrogens is 268 g/mol. The maximum atomic E-state index is 12.2. The van der Waals surface area contributed by atoms with E-state index in [1.165, 1.54) is 43.6 Å². The minimum Gasteiger partial charge on any atom is -0.293 e. The summed E-state index contributed by atoms with van der Waals surface area (Å²) < 4.78 is 3.96. The zero-order valence-electron chi connectivity index (χ0n) is 13.4. The van der Waals surface area contributed by atoms with Crippen molar-refractivity contribution in [1.29, 1.82) is 0 Å². The Morgan fingerprint density at radius 3 is 2.25 bits per heavy atom. The minimum absolute atomic E-state index is 0.0991. The molecule has 1 heterocycles. The molecular formula is C16H28N2OS. The minimum atomic E-state index is -0.0991. The molecule has 0 spiro atoms. The van der Waals surface area contributed by atoms with E-state index in [4.69, 9.17) is 0 Å². The first-order valence-corrected chi connectivity index (χ1v) is 8.60. The van der Waals surface area contributed by atoms with Crippen molar-refractivity contribution in [2.45, 2.75) is 84.5 Å². The summed E-state index contributed by atoms with van der Waals surface area (Å²) in [6.45, 7) is 8.46. The van der Waals surface area contributed by atoms with Crippen molar-refractivity contribution in [3.8, 4) is 0 Å². The van der Waals surface area contributed by atoms with Crippen molar-refractivity contribution in [1.82, 2.24) is 9.59 Å². The molecule has 3 nitrogen and oxygen atoms in total. The van der Waals surface area contributed by atoms with E-state index in [1.54, 1.807) is 0 Å². The smallest absolute Gasteiger partial charge is 0.176 e. The lowest BCUT2D eigenvalue weighted by Crippen LogP contribution is -2.16. The Morgan fingerprint density at radius 1 is 1.05 bits per heavy atom. The summed E-state index contributed by atoms with van der Waals surface area (Å²) in [5.41, 5.74) is 0.758. The Labute approximate surface area is 127 Å². The first-order valence-electron chi connectivity index (χ1n) is 7.83. The highest BCUT2D eigenvalue weighted by Crippen LogP contribution is 2.27. The summed E-state index contributed by atoms with van der Waals surface area (Å²) in [7, 11) is 0. The van der Waals surface area contributed by atoms with Crippen LogP contribution >= 0.6 is 11.5 Å². The van der Waals surface area contributed by atoms with Crippen LogP contribution in [-0.4, -0.2) is 15.4 Å². The third-order valence-electron chi connectivity index (χ3n) is 3.46. The number of hydrogen-bond acceptors (Lipinski definition) is 4. The summed E-state index contributed by atoms with van der Waals surface area (Å²) in [6, 6.07) is 0. The highest BCUT2D eigenvalue weighted by molar-refractivity contribution is 7.08. The highest BCUT2D eigenvalue weighted by atomic mass is 32.1. The van der Waals surface area contributed by atoms with Crippen LogP contribution in [0.2, 0.25) is 0 Å². The molecule has 114 valence electrons. The van der Waals surface area contributed by atoms with Gasteiger partial charge in [-0.3, -0.25) is 4.79 Å². The second-order valence-corrected chi connectivity index (χ2v) is 7.25. The van der Waals surface area contributed by atoms with Gasteiger partial charge in [-0.05, 0) is 18.0 Å². The van der Waals surface area contributed by atoms with Gasteiger partial charge in [-0.1, -0.05) is 70.7 Å². The molecule has 0 fully saturated rings. The number of unbranched alkanes of at least 4 members (excludes halogenated alkanes) is 6. The normalized spacial score (nSPS) is 11.8. The van der Waals surface area contributed by atoms with Crippen molar-refractivity contribution in [2.24, 2.45) is 0 Å². The second-order valence-electron chi connectivity index (χ2n) is 6.50. The molecule has 1 aromatic heterocycles. The lowest BCUT2D eigenvalue weighted by atomic mass is 9.90. The van der Waals surface area contributed by atoms with E-state index in [2.05, 4.69) is 37.3 Å². The molecule has 0 unspecified atom stereocenters. The van der Waals surface area contributed by atoms with Crippen molar-refractivity contribution >= 4 is 17.3 Å². The fourth-order valence-electron chi connectivity index (χ4n) is 2.22. The quantitative estimate of drug-likeness (QED) is 0.467. The van der Waals surface area contributed by atoms with Gasteiger partial charge in [-0.15, -0.1) is 5.10 Å². The Balaban J connectivity index is 2.32. The molecule has 0 amide bonds. The van der Waals surface area contributed by atoms with Crippen LogP contribution in [0.25, 0.3) is 0 Å². The van der Waals surface area contributed by atoms with E-state index in [1.807, 2.05) is 0 Å². The Morgan fingerprint density at radius 2 is 1.65 bits per heavy atom. The third kappa shape index (κ3) is 5.70. The predicted molar refractivity (Wildman–Crippen MR) is 85.5 cm³/mol. The van der Waals surface area contributed by atoms with Crippen LogP contribution in [0.1, 0.15) is 94.4 Å². The summed E-state index contributed by atoms with van der Waals surface area (Å²) in [5.74, 6) is 0.221. The Bertz CT molecular complexity index is 407. The van der Waals surface area contributed by atoms with Gasteiger partial charge in [0.1, 0.15) is 4.88 Å². The summed E-state index contributed by atoms with van der Waals surface area (Å²) >= 11 is 1.25. The summed E-state index contributed by atoms with van der Waals surface area (Å²) in [6.07, 6.45) is 9.29. The largest absolute Gasteiger partial charge is 0.293 e. The zero-order valence-corrected chi connectivity index (χ0v) is 14.2. The molecule has 0 saturated carbocycles. The van der Waals surface area contributed by atoms with Crippen molar-refractivity contribution in [3.05, 3.63) is 10.6 Å². The standard InChI is InChI=1S/C16H28N2OS/c1-5-6-7-8-9-10-11-12-13(19)14-15(16(2,3)4)17-18-20-14/h5-12H2,1-4H3. The molecule has 20 heavy (non-hydrogen) atoms. The topological polar surface area (TPSA) is 42.9 Å². The van der Waals surface area contributed by atoms with Gasteiger partial charge >= 0.3 is 0 Å². The van der Waals surface area contributed by atoms with E-state index >= 15 is 0 Å². The van der Waals surface area contributed by atoms with Crippen molar-refractivity contribution in [3.63, 3.8) is 0 Å². The van der Waals surface area contributed by atoms with Crippen LogP contribution in [0.4, 0.5) is 0 Å². The zero-order chi connectivity index (χ0) is 15.0. The van der Waals surface area contributed by atoms with Gasteiger partial charge in [0.2, 0.25) is 0 Å². The molecule has 0 atom stereocenters. The van der Waals surface area contributed by atoms with Crippen LogP contribution in [-0.2, 0) is 5.41 Å². The van der Waals surface area contributed by atoms with E-state index in [0.717, 1.165) is 23.4 Å². The third-order valence-corrected chi connectivity index (χ3v) is 4.23. The van der Waals surface area contributed by atoms with Gasteiger partial charge in [0.05, 0.1) is 5.69 Å². The number of carbonyl (C=O) groups is 1. The Hall–Kier alpha value is -0.770. The summed E-state index contributed by atoms with van der Waals surface area (Å²) in [5, 5.41) is 4.13. The van der Waals surface area contributed by atoms with Crippen LogP contribution in [0.15, 0.2) is 0 Å². The number of ketones is 1. The maximum absolute atomic E-state index is 12.2. The monoisotopic (exact) mass is 296 g/mol. The van der Waals surface area contributed by atoms with Gasteiger partial charge in [0, 0.05) is 11.8 Å². The lowest BCUT2D eigenvalue weighted by molar-refractivity contribution is 0.0980.